The molecule has 59 heavy (non-hydrogen) atoms. The highest BCUT2D eigenvalue weighted by molar-refractivity contribution is 7.99. The van der Waals surface area contributed by atoms with Crippen LogP contribution in [0.4, 0.5) is 8.78 Å². The first-order valence-electron chi connectivity index (χ1n) is 18.8. The number of hydrogen-bond donors (Lipinski definition) is 1. The van der Waals surface area contributed by atoms with Crippen LogP contribution < -0.4 is 5.63 Å². The highest BCUT2D eigenvalue weighted by Crippen LogP contribution is 2.33. The lowest BCUT2D eigenvalue weighted by atomic mass is 9.94. The smallest absolute Gasteiger partial charge is 0.347 e. The van der Waals surface area contributed by atoms with E-state index >= 15 is 0 Å². The summed E-state index contributed by atoms with van der Waals surface area (Å²) in [5.41, 5.74) is 6.66. The summed E-state index contributed by atoms with van der Waals surface area (Å²) in [4.78, 5) is 36.3. The van der Waals surface area contributed by atoms with Gasteiger partial charge in [0, 0.05) is 45.8 Å². The molecule has 0 atom stereocenters. The molecule has 0 saturated carbocycles. The Morgan fingerprint density at radius 1 is 0.780 bits per heavy atom. The molecule has 0 saturated heterocycles. The van der Waals surface area contributed by atoms with Gasteiger partial charge >= 0.3 is 5.63 Å². The summed E-state index contributed by atoms with van der Waals surface area (Å²) in [6, 6.07) is 22.1. The average Bonchev–Trinajstić information content (AvgIpc) is 3.12. The second-order valence-electron chi connectivity index (χ2n) is 14.9. The fourth-order valence-electron chi connectivity index (χ4n) is 6.32. The normalized spacial score (nSPS) is 10.7. The molecular weight excluding hydrogens is 826 g/mol. The van der Waals surface area contributed by atoms with Gasteiger partial charge in [-0.1, -0.05) is 42.0 Å². The summed E-state index contributed by atoms with van der Waals surface area (Å²) in [6.07, 6.45) is 1.32. The van der Waals surface area contributed by atoms with Crippen molar-refractivity contribution in [2.75, 3.05) is 11.5 Å². The maximum atomic E-state index is 12.9. The van der Waals surface area contributed by atoms with Crippen molar-refractivity contribution in [3.63, 3.8) is 0 Å². The molecule has 0 radical (unpaired) electrons. The van der Waals surface area contributed by atoms with Gasteiger partial charge in [-0.25, -0.2) is 18.4 Å². The van der Waals surface area contributed by atoms with Crippen LogP contribution in [0.3, 0.4) is 0 Å². The van der Waals surface area contributed by atoms with E-state index in [1.54, 1.807) is 42.0 Å². The molecule has 1 N–H and O–H groups in total. The second kappa shape index (κ2) is 22.7. The van der Waals surface area contributed by atoms with Crippen molar-refractivity contribution in [3.8, 4) is 16.9 Å². The van der Waals surface area contributed by atoms with Gasteiger partial charge < -0.3 is 13.9 Å². The first-order valence-corrected chi connectivity index (χ1v) is 24.6. The lowest BCUT2D eigenvalue weighted by molar-refractivity contribution is -0.106. The summed E-state index contributed by atoms with van der Waals surface area (Å²) >= 11 is 8.55. The highest BCUT2D eigenvalue weighted by Gasteiger charge is 2.19. The number of aryl methyl sites for hydroxylation is 7. The molecule has 0 amide bonds. The second-order valence-corrected chi connectivity index (χ2v) is 22.0. The lowest BCUT2D eigenvalue weighted by Gasteiger charge is -2.20. The number of halogens is 3. The van der Waals surface area contributed by atoms with Gasteiger partial charge in [0.1, 0.15) is 40.2 Å². The molecule has 1 heterocycles. The van der Waals surface area contributed by atoms with E-state index in [-0.39, 0.29) is 28.5 Å². The first-order chi connectivity index (χ1) is 27.7. The third kappa shape index (κ3) is 15.8. The van der Waals surface area contributed by atoms with Crippen LogP contribution in [0.5, 0.6) is 5.75 Å². The third-order valence-electron chi connectivity index (χ3n) is 8.48. The van der Waals surface area contributed by atoms with E-state index in [4.69, 9.17) is 20.4 Å². The number of hydrogen-bond acceptors (Lipinski definition) is 8. The molecule has 0 bridgehead atoms. The van der Waals surface area contributed by atoms with E-state index in [0.717, 1.165) is 66.7 Å². The monoisotopic (exact) mass is 876 g/mol. The molecule has 5 aromatic rings. The minimum atomic E-state index is -1.52. The minimum absolute atomic E-state index is 0.0666. The Morgan fingerprint density at radius 3 is 1.66 bits per heavy atom. The third-order valence-corrected chi connectivity index (χ3v) is 11.6. The number of rotatable bonds is 13. The van der Waals surface area contributed by atoms with Crippen molar-refractivity contribution in [1.82, 2.24) is 0 Å². The Kier molecular flexibility index (Phi) is 18.7. The minimum Gasteiger partial charge on any atom is -0.548 e. The molecule has 5 rings (SSSR count). The number of allylic oxidation sites excluding steroid dienone is 2. The fourth-order valence-corrected chi connectivity index (χ4v) is 9.18. The molecular formula is C47H51ClF2O6S2Si. The predicted molar refractivity (Wildman–Crippen MR) is 243 cm³/mol. The van der Waals surface area contributed by atoms with Crippen LogP contribution in [0.15, 0.2) is 110 Å². The van der Waals surface area contributed by atoms with E-state index in [9.17, 15) is 28.3 Å². The molecule has 0 spiro atoms. The molecule has 0 unspecified atom stereocenters. The Morgan fingerprint density at radius 2 is 1.24 bits per heavy atom. The van der Waals surface area contributed by atoms with Gasteiger partial charge in [0.25, 0.3) is 5.24 Å². The quantitative estimate of drug-likeness (QED) is 0.0312. The van der Waals surface area contributed by atoms with Crippen LogP contribution in [-0.2, 0) is 20.4 Å². The molecule has 312 valence electrons. The van der Waals surface area contributed by atoms with Crippen molar-refractivity contribution in [1.29, 1.82) is 0 Å². The number of carbonyl (C=O) groups is 1. The Balaban J connectivity index is 0.000000252. The number of carbonyl (C=O) groups excluding carboxylic acids is 2. The van der Waals surface area contributed by atoms with E-state index < -0.39 is 19.2 Å². The van der Waals surface area contributed by atoms with Gasteiger partial charge in [-0.15, -0.1) is 23.5 Å². The standard InChI is InChI=1S/C22H21FO3S.C13H19FOSSi.C12H11ClO2/c1-13-10-14(2)20(15(3)11-13)21-19(24)12-17(26-22(21)25)8-9-27-18-6-4-16(23)5-7-18;1-11(15-17(2,3)4)9-10-16-13-7-5-12(14)6-8-13;1-7-4-8(2)11(9(3)5-7)10(6-14)12(13)15/h4-7,10-12,24H,8-9H2,1-3H3;5-8H,1,9-10H2,2-4H3;4-5H,1-3H3. The van der Waals surface area contributed by atoms with Gasteiger partial charge in [-0.3, -0.25) is 4.79 Å². The van der Waals surface area contributed by atoms with E-state index in [2.05, 4.69) is 26.2 Å². The molecule has 6 nitrogen and oxygen atoms in total. The van der Waals surface area contributed by atoms with Crippen LogP contribution >= 0.6 is 35.1 Å². The zero-order valence-corrected chi connectivity index (χ0v) is 38.4. The number of benzene rings is 4. The Bertz CT molecular complexity index is 2320. The van der Waals surface area contributed by atoms with E-state index in [0.29, 0.717) is 23.5 Å². The van der Waals surface area contributed by atoms with Crippen molar-refractivity contribution >= 4 is 60.2 Å². The number of aromatic hydroxyl groups is 1. The van der Waals surface area contributed by atoms with Gasteiger partial charge in [0.05, 0.1) is 5.76 Å². The van der Waals surface area contributed by atoms with Crippen LogP contribution in [0.25, 0.3) is 16.7 Å². The summed E-state index contributed by atoms with van der Waals surface area (Å²) in [5.74, 6) is 3.92. The van der Waals surface area contributed by atoms with Crippen LogP contribution in [-0.4, -0.2) is 36.1 Å². The summed E-state index contributed by atoms with van der Waals surface area (Å²) in [6.45, 7) is 21.8. The van der Waals surface area contributed by atoms with Crippen molar-refractivity contribution < 1.29 is 32.3 Å². The van der Waals surface area contributed by atoms with Gasteiger partial charge in [0.2, 0.25) is 8.32 Å². The zero-order chi connectivity index (χ0) is 44.0. The predicted octanol–water partition coefficient (Wildman–Crippen LogP) is 12.7. The summed E-state index contributed by atoms with van der Waals surface area (Å²) in [7, 11) is -1.52. The largest absolute Gasteiger partial charge is 0.548 e. The maximum absolute atomic E-state index is 12.9. The summed E-state index contributed by atoms with van der Waals surface area (Å²) in [5, 5.41) is 9.72. The lowest BCUT2D eigenvalue weighted by Crippen LogP contribution is -2.24. The average molecular weight is 878 g/mol. The van der Waals surface area contributed by atoms with E-state index in [1.807, 2.05) is 65.8 Å². The maximum Gasteiger partial charge on any atom is 0.347 e. The molecule has 12 heteroatoms. The van der Waals surface area contributed by atoms with Gasteiger partial charge in [-0.05, 0) is 149 Å². The van der Waals surface area contributed by atoms with Crippen LogP contribution in [0.2, 0.25) is 19.6 Å². The number of thioether (sulfide) groups is 2. The highest BCUT2D eigenvalue weighted by atomic mass is 35.5. The van der Waals surface area contributed by atoms with E-state index in [1.165, 1.54) is 42.1 Å². The molecule has 0 aliphatic heterocycles. The molecule has 1 aromatic heterocycles. The van der Waals surface area contributed by atoms with Gasteiger partial charge in [-0.2, -0.15) is 0 Å². The van der Waals surface area contributed by atoms with Crippen molar-refractivity contribution in [2.24, 2.45) is 0 Å². The molecule has 4 aromatic carbocycles. The SMILES string of the molecule is C=C(CCSc1ccc(F)cc1)O[Si](C)(C)C.Cc1cc(C)c(-c2c(O)cc(CCSc3ccc(F)cc3)oc2=O)c(C)c1.Cc1cc(C)c(C(=C=O)C(=O)Cl)c(C)c1. The van der Waals surface area contributed by atoms with Crippen molar-refractivity contribution in [2.45, 2.75) is 83.8 Å². The molecule has 0 aliphatic carbocycles. The van der Waals surface area contributed by atoms with Crippen LogP contribution in [0.1, 0.15) is 51.1 Å². The fraction of sp³-hybridized carbons (Fsp3) is 0.277. The van der Waals surface area contributed by atoms with Gasteiger partial charge in [0.15, 0.2) is 0 Å². The topological polar surface area (TPSA) is 93.8 Å². The molecule has 0 fully saturated rings. The summed E-state index contributed by atoms with van der Waals surface area (Å²) < 4.78 is 36.8. The first kappa shape index (κ1) is 48.7. The Labute approximate surface area is 360 Å². The zero-order valence-electron chi connectivity index (χ0n) is 35.0. The van der Waals surface area contributed by atoms with Crippen LogP contribution in [0, 0.1) is 53.2 Å². The molecule has 0 aliphatic rings. The Hall–Kier alpha value is -4.64. The van der Waals surface area contributed by atoms with Crippen molar-refractivity contribution in [3.05, 3.63) is 158 Å².